The molecule has 0 spiro atoms. The smallest absolute Gasteiger partial charge is 0.339 e. The molecule has 1 aromatic heterocycles. The van der Waals surface area contributed by atoms with Gasteiger partial charge >= 0.3 is 6.18 Å². The van der Waals surface area contributed by atoms with Gasteiger partial charge in [0.1, 0.15) is 24.5 Å². The number of amides is 1. The van der Waals surface area contributed by atoms with Crippen molar-refractivity contribution >= 4 is 5.91 Å². The number of benzene rings is 1. The molecule has 0 saturated heterocycles. The molecule has 0 radical (unpaired) electrons. The highest BCUT2D eigenvalue weighted by Crippen LogP contribution is 2.35. The maximum atomic E-state index is 13.5. The molecule has 0 aliphatic rings. The normalized spacial score (nSPS) is 13.0. The van der Waals surface area contributed by atoms with Gasteiger partial charge in [-0.15, -0.1) is 5.10 Å². The maximum Gasteiger partial charge on any atom is 0.413 e. The predicted molar refractivity (Wildman–Crippen MR) is 61.1 cm³/mol. The van der Waals surface area contributed by atoms with E-state index < -0.39 is 41.9 Å². The topological polar surface area (TPSA) is 72.7 Å². The molecule has 1 N–H and O–H groups in total. The molecule has 6 nitrogen and oxygen atoms in total. The number of carbonyl (C=O) groups is 1. The fraction of sp³-hybridized carbons (Fsp3) is 0.273. The summed E-state index contributed by atoms with van der Waals surface area (Å²) in [5.74, 6) is -3.98. The van der Waals surface area contributed by atoms with Gasteiger partial charge < -0.3 is 5.32 Å². The molecule has 1 atom stereocenters. The number of tetrazole rings is 1. The predicted octanol–water partition coefficient (Wildman–Crippen LogP) is 1.37. The molecule has 0 unspecified atom stereocenters. The average molecular weight is 321 g/mol. The van der Waals surface area contributed by atoms with Crippen LogP contribution in [0, 0.1) is 11.6 Å². The highest BCUT2D eigenvalue weighted by atomic mass is 19.4. The van der Waals surface area contributed by atoms with E-state index >= 15 is 0 Å². The minimum atomic E-state index is -5.08. The summed E-state index contributed by atoms with van der Waals surface area (Å²) in [6.07, 6.45) is -4.08. The third-order valence-electron chi connectivity index (χ3n) is 2.62. The van der Waals surface area contributed by atoms with Crippen molar-refractivity contribution in [2.24, 2.45) is 0 Å². The van der Waals surface area contributed by atoms with E-state index in [1.807, 2.05) is 0 Å². The number of hydrogen-bond donors (Lipinski definition) is 1. The van der Waals surface area contributed by atoms with Gasteiger partial charge in [-0.1, -0.05) is 6.07 Å². The molecule has 2 rings (SSSR count). The lowest BCUT2D eigenvalue weighted by Crippen LogP contribution is -2.40. The number of aromatic nitrogens is 4. The molecule has 1 amide bonds. The van der Waals surface area contributed by atoms with E-state index in [0.717, 1.165) is 17.1 Å². The minimum absolute atomic E-state index is 0.629. The molecule has 1 heterocycles. The van der Waals surface area contributed by atoms with E-state index in [2.05, 4.69) is 15.5 Å². The van der Waals surface area contributed by atoms with Crippen LogP contribution in [-0.2, 0) is 11.3 Å². The summed E-state index contributed by atoms with van der Waals surface area (Å²) >= 11 is 0. The summed E-state index contributed by atoms with van der Waals surface area (Å²) in [7, 11) is 0. The van der Waals surface area contributed by atoms with Crippen LogP contribution >= 0.6 is 0 Å². The van der Waals surface area contributed by atoms with Crippen LogP contribution in [0.4, 0.5) is 22.0 Å². The van der Waals surface area contributed by atoms with Crippen LogP contribution in [0.2, 0.25) is 0 Å². The van der Waals surface area contributed by atoms with Crippen molar-refractivity contribution in [1.82, 2.24) is 25.5 Å². The highest BCUT2D eigenvalue weighted by molar-refractivity contribution is 5.76. The number of nitrogens with zero attached hydrogens (tertiary/aromatic N) is 4. The Bertz CT molecular complexity index is 637. The first-order valence-corrected chi connectivity index (χ1v) is 5.80. The van der Waals surface area contributed by atoms with Crippen molar-refractivity contribution in [3.05, 3.63) is 41.7 Å². The van der Waals surface area contributed by atoms with Crippen LogP contribution in [0.3, 0.4) is 0 Å². The van der Waals surface area contributed by atoms with Crippen LogP contribution < -0.4 is 5.32 Å². The molecular weight excluding hydrogens is 313 g/mol. The Morgan fingerprint density at radius 2 is 1.91 bits per heavy atom. The summed E-state index contributed by atoms with van der Waals surface area (Å²) in [5, 5.41) is 11.2. The zero-order chi connectivity index (χ0) is 16.3. The standard InChI is InChI=1S/C11H8F5N5O/c12-6-2-1-3-7(13)9(6)10(11(14,15)16)18-8(22)4-21-5-17-19-20-21/h1-3,5,10H,4H2,(H,18,22)/t10-/m1/s1. The zero-order valence-electron chi connectivity index (χ0n) is 10.7. The summed E-state index contributed by atoms with van der Waals surface area (Å²) in [6, 6.07) is -0.558. The number of nitrogens with one attached hydrogen (secondary N) is 1. The monoisotopic (exact) mass is 321 g/mol. The van der Waals surface area contributed by atoms with Crippen LogP contribution in [0.25, 0.3) is 0 Å². The summed E-state index contributed by atoms with van der Waals surface area (Å²) in [6.45, 7) is -0.629. The third-order valence-corrected chi connectivity index (χ3v) is 2.62. The molecule has 11 heteroatoms. The number of hydrogen-bond acceptors (Lipinski definition) is 4. The Morgan fingerprint density at radius 3 is 2.41 bits per heavy atom. The van der Waals surface area contributed by atoms with Gasteiger partial charge in [-0.3, -0.25) is 4.79 Å². The Labute approximate surface area is 119 Å². The number of carbonyl (C=O) groups excluding carboxylic acids is 1. The number of halogens is 5. The van der Waals surface area contributed by atoms with Crippen molar-refractivity contribution in [3.63, 3.8) is 0 Å². The molecule has 0 saturated carbocycles. The first-order valence-electron chi connectivity index (χ1n) is 5.80. The first-order chi connectivity index (χ1) is 10.3. The second-order valence-corrected chi connectivity index (χ2v) is 4.18. The van der Waals surface area contributed by atoms with E-state index in [4.69, 9.17) is 0 Å². The summed E-state index contributed by atoms with van der Waals surface area (Å²) in [5.41, 5.74) is -1.28. The fourth-order valence-corrected chi connectivity index (χ4v) is 1.71. The third kappa shape index (κ3) is 3.54. The van der Waals surface area contributed by atoms with Gasteiger partial charge in [0.25, 0.3) is 0 Å². The van der Waals surface area contributed by atoms with E-state index in [-0.39, 0.29) is 0 Å². The van der Waals surface area contributed by atoms with Crippen molar-refractivity contribution < 1.29 is 26.7 Å². The van der Waals surface area contributed by atoms with Gasteiger partial charge in [0.15, 0.2) is 6.04 Å². The Hall–Kier alpha value is -2.59. The molecule has 0 fully saturated rings. The molecule has 2 aromatic rings. The SMILES string of the molecule is O=C(Cn1cnnn1)N[C@H](c1c(F)cccc1F)C(F)(F)F. The lowest BCUT2D eigenvalue weighted by Gasteiger charge is -2.22. The van der Waals surface area contributed by atoms with E-state index in [1.54, 1.807) is 0 Å². The Kier molecular flexibility index (Phi) is 4.33. The second-order valence-electron chi connectivity index (χ2n) is 4.18. The second kappa shape index (κ2) is 6.03. The van der Waals surface area contributed by atoms with Crippen molar-refractivity contribution in [2.45, 2.75) is 18.8 Å². The molecule has 0 bridgehead atoms. The van der Waals surface area contributed by atoms with Gasteiger partial charge in [-0.2, -0.15) is 13.2 Å². The zero-order valence-corrected chi connectivity index (χ0v) is 10.7. The summed E-state index contributed by atoms with van der Waals surface area (Å²) in [4.78, 5) is 11.6. The van der Waals surface area contributed by atoms with Crippen molar-refractivity contribution in [1.29, 1.82) is 0 Å². The van der Waals surface area contributed by atoms with Gasteiger partial charge in [0.2, 0.25) is 5.91 Å². The van der Waals surface area contributed by atoms with Crippen molar-refractivity contribution in [3.8, 4) is 0 Å². The van der Waals surface area contributed by atoms with E-state index in [9.17, 15) is 26.7 Å². The molecular formula is C11H8F5N5O. The maximum absolute atomic E-state index is 13.5. The fourth-order valence-electron chi connectivity index (χ4n) is 1.71. The van der Waals surface area contributed by atoms with Crippen LogP contribution in [0.1, 0.15) is 11.6 Å². The van der Waals surface area contributed by atoms with Gasteiger partial charge in [0.05, 0.1) is 5.56 Å². The van der Waals surface area contributed by atoms with E-state index in [1.165, 1.54) is 5.32 Å². The van der Waals surface area contributed by atoms with Gasteiger partial charge in [-0.05, 0) is 22.6 Å². The van der Waals surface area contributed by atoms with Gasteiger partial charge in [0, 0.05) is 0 Å². The minimum Gasteiger partial charge on any atom is -0.339 e. The van der Waals surface area contributed by atoms with E-state index in [0.29, 0.717) is 12.1 Å². The van der Waals surface area contributed by atoms with Crippen LogP contribution in [0.15, 0.2) is 24.5 Å². The summed E-state index contributed by atoms with van der Waals surface area (Å²) < 4.78 is 67.0. The highest BCUT2D eigenvalue weighted by Gasteiger charge is 2.44. The molecule has 0 aliphatic heterocycles. The molecule has 0 aliphatic carbocycles. The first kappa shape index (κ1) is 15.8. The van der Waals surface area contributed by atoms with Gasteiger partial charge in [-0.25, -0.2) is 13.5 Å². The molecule has 118 valence electrons. The van der Waals surface area contributed by atoms with Crippen LogP contribution in [0.5, 0.6) is 0 Å². The Balaban J connectivity index is 2.26. The quantitative estimate of drug-likeness (QED) is 0.863. The average Bonchev–Trinajstić information content (AvgIpc) is 2.89. The molecule has 22 heavy (non-hydrogen) atoms. The lowest BCUT2D eigenvalue weighted by atomic mass is 10.0. The number of alkyl halides is 3. The van der Waals surface area contributed by atoms with Crippen LogP contribution in [-0.4, -0.2) is 32.3 Å². The largest absolute Gasteiger partial charge is 0.413 e. The lowest BCUT2D eigenvalue weighted by molar-refractivity contribution is -0.164. The Morgan fingerprint density at radius 1 is 1.27 bits per heavy atom. The number of rotatable bonds is 4. The van der Waals surface area contributed by atoms with Crippen molar-refractivity contribution in [2.75, 3.05) is 0 Å². The molecule has 1 aromatic carbocycles.